The summed E-state index contributed by atoms with van der Waals surface area (Å²) >= 11 is 0. The van der Waals surface area contributed by atoms with Gasteiger partial charge < -0.3 is 14.6 Å². The predicted molar refractivity (Wildman–Crippen MR) is 138 cm³/mol. The second-order valence-corrected chi connectivity index (χ2v) is 8.93. The third-order valence-electron chi connectivity index (χ3n) is 6.27. The summed E-state index contributed by atoms with van der Waals surface area (Å²) < 4.78 is 19.7. The molecule has 0 bridgehead atoms. The fraction of sp³-hybridized carbons (Fsp3) is 0.259. The van der Waals surface area contributed by atoms with Crippen LogP contribution in [0.15, 0.2) is 54.7 Å². The van der Waals surface area contributed by atoms with Crippen LogP contribution in [-0.4, -0.2) is 70.0 Å². The minimum atomic E-state index is -0.637. The van der Waals surface area contributed by atoms with Gasteiger partial charge >= 0.3 is 6.09 Å². The maximum Gasteiger partial charge on any atom is 0.413 e. The zero-order chi connectivity index (χ0) is 25.9. The Balaban J connectivity index is 1.49. The summed E-state index contributed by atoms with van der Waals surface area (Å²) in [6.07, 6.45) is 0.890. The smallest absolute Gasteiger partial charge is 0.413 e. The molecule has 5 rings (SSSR count). The molecule has 0 saturated carbocycles. The van der Waals surface area contributed by atoms with E-state index in [2.05, 4.69) is 20.3 Å². The number of anilines is 1. The van der Waals surface area contributed by atoms with Gasteiger partial charge in [-0.3, -0.25) is 20.0 Å². The summed E-state index contributed by atoms with van der Waals surface area (Å²) in [6, 6.07) is 14.5. The molecule has 3 heterocycles. The first-order chi connectivity index (χ1) is 17.9. The van der Waals surface area contributed by atoms with Gasteiger partial charge in [-0.1, -0.05) is 24.3 Å². The van der Waals surface area contributed by atoms with E-state index in [4.69, 9.17) is 4.74 Å². The number of piperazine rings is 1. The summed E-state index contributed by atoms with van der Waals surface area (Å²) in [5, 5.41) is 2.56. The van der Waals surface area contributed by atoms with Crippen molar-refractivity contribution in [2.24, 2.45) is 0 Å². The average Bonchev–Trinajstić information content (AvgIpc) is 3.28. The minimum Gasteiger partial charge on any atom is -0.450 e. The summed E-state index contributed by atoms with van der Waals surface area (Å²) in [5.41, 5.74) is 4.50. The van der Waals surface area contributed by atoms with Gasteiger partial charge in [0.05, 0.1) is 24.2 Å². The Hall–Kier alpha value is -4.31. The van der Waals surface area contributed by atoms with Crippen molar-refractivity contribution in [3.63, 3.8) is 0 Å². The molecule has 190 valence electrons. The number of imidazole rings is 1. The van der Waals surface area contributed by atoms with Gasteiger partial charge in [-0.25, -0.2) is 14.2 Å². The maximum absolute atomic E-state index is 14.8. The number of pyridine rings is 1. The van der Waals surface area contributed by atoms with Crippen molar-refractivity contribution in [2.75, 3.05) is 38.6 Å². The SMILES string of the molecule is CCOC(=O)Nc1nc2cc(-c3ccc(CN4CCN(C)CC4=O)cc3)cc(-c3ncccc3F)c2[nH]1. The molecule has 1 aliphatic rings. The molecule has 2 aromatic carbocycles. The summed E-state index contributed by atoms with van der Waals surface area (Å²) in [4.78, 5) is 39.9. The summed E-state index contributed by atoms with van der Waals surface area (Å²) in [7, 11) is 1.95. The Labute approximate surface area is 213 Å². The van der Waals surface area contributed by atoms with Gasteiger partial charge in [0, 0.05) is 31.4 Å². The molecular weight excluding hydrogens is 475 g/mol. The molecule has 0 unspecified atom stereocenters. The van der Waals surface area contributed by atoms with Crippen molar-refractivity contribution in [1.29, 1.82) is 0 Å². The van der Waals surface area contributed by atoms with E-state index < -0.39 is 11.9 Å². The molecule has 2 N–H and O–H groups in total. The lowest BCUT2D eigenvalue weighted by Gasteiger charge is -2.32. The van der Waals surface area contributed by atoms with Crippen molar-refractivity contribution in [3.05, 3.63) is 66.1 Å². The number of amides is 2. The molecule has 9 nitrogen and oxygen atoms in total. The number of rotatable bonds is 6. The fourth-order valence-electron chi connectivity index (χ4n) is 4.39. The highest BCUT2D eigenvalue weighted by Crippen LogP contribution is 2.34. The molecule has 37 heavy (non-hydrogen) atoms. The molecule has 2 aromatic heterocycles. The number of hydrogen-bond donors (Lipinski definition) is 2. The van der Waals surface area contributed by atoms with E-state index in [1.165, 1.54) is 18.3 Å². The Morgan fingerprint density at radius 2 is 1.97 bits per heavy atom. The van der Waals surface area contributed by atoms with Gasteiger partial charge in [-0.15, -0.1) is 0 Å². The molecule has 0 radical (unpaired) electrons. The van der Waals surface area contributed by atoms with Gasteiger partial charge in [0.25, 0.3) is 0 Å². The van der Waals surface area contributed by atoms with Crippen LogP contribution in [0.5, 0.6) is 0 Å². The van der Waals surface area contributed by atoms with Crippen molar-refractivity contribution < 1.29 is 18.7 Å². The van der Waals surface area contributed by atoms with Crippen molar-refractivity contribution in [1.82, 2.24) is 24.8 Å². The number of ether oxygens (including phenoxy) is 1. The van der Waals surface area contributed by atoms with E-state index in [1.54, 1.807) is 6.92 Å². The summed E-state index contributed by atoms with van der Waals surface area (Å²) in [5.74, 6) is -0.158. The van der Waals surface area contributed by atoms with Gasteiger partial charge in [0.1, 0.15) is 11.5 Å². The quantitative estimate of drug-likeness (QED) is 0.408. The van der Waals surface area contributed by atoms with E-state index in [0.29, 0.717) is 36.2 Å². The largest absolute Gasteiger partial charge is 0.450 e. The van der Waals surface area contributed by atoms with E-state index in [0.717, 1.165) is 23.2 Å². The number of carbonyl (C=O) groups excluding carboxylic acids is 2. The van der Waals surface area contributed by atoms with Crippen molar-refractivity contribution in [3.8, 4) is 22.4 Å². The first kappa shape index (κ1) is 24.4. The molecule has 4 aromatic rings. The highest BCUT2D eigenvalue weighted by atomic mass is 19.1. The molecule has 1 aliphatic heterocycles. The first-order valence-corrected chi connectivity index (χ1v) is 12.1. The lowest BCUT2D eigenvalue weighted by atomic mass is 9.98. The van der Waals surface area contributed by atoms with Crippen LogP contribution >= 0.6 is 0 Å². The van der Waals surface area contributed by atoms with Crippen molar-refractivity contribution in [2.45, 2.75) is 13.5 Å². The van der Waals surface area contributed by atoms with Crippen LogP contribution in [0.4, 0.5) is 15.1 Å². The van der Waals surface area contributed by atoms with Crippen LogP contribution < -0.4 is 5.32 Å². The van der Waals surface area contributed by atoms with Crippen LogP contribution in [0.25, 0.3) is 33.4 Å². The highest BCUT2D eigenvalue weighted by Gasteiger charge is 2.21. The number of likely N-dealkylation sites (N-methyl/N-ethyl adjacent to an activating group) is 1. The van der Waals surface area contributed by atoms with Gasteiger partial charge in [-0.2, -0.15) is 0 Å². The highest BCUT2D eigenvalue weighted by molar-refractivity contribution is 5.97. The van der Waals surface area contributed by atoms with Gasteiger partial charge in [-0.05, 0) is 54.9 Å². The van der Waals surface area contributed by atoms with Crippen LogP contribution in [0.2, 0.25) is 0 Å². The van der Waals surface area contributed by atoms with Crippen LogP contribution in [0.3, 0.4) is 0 Å². The molecule has 2 amide bonds. The lowest BCUT2D eigenvalue weighted by Crippen LogP contribution is -2.48. The standard InChI is InChI=1S/C27H27FN6O3/c1-3-37-27(36)32-26-30-22-14-19(13-20(25(22)31-26)24-21(28)5-4-10-29-24)18-8-6-17(7-9-18)15-34-12-11-33(2)16-23(34)35/h4-10,13-14H,3,11-12,15-16H2,1-2H3,(H2,30,31,32,36). The second kappa shape index (κ2) is 10.4. The topological polar surface area (TPSA) is 103 Å². The number of fused-ring (bicyclic) bond motifs is 1. The number of aromatic amines is 1. The number of H-pyrrole nitrogens is 1. The third-order valence-corrected chi connectivity index (χ3v) is 6.27. The van der Waals surface area contributed by atoms with Crippen LogP contribution in [0.1, 0.15) is 12.5 Å². The fourth-order valence-corrected chi connectivity index (χ4v) is 4.39. The van der Waals surface area contributed by atoms with Gasteiger partial charge in [0.15, 0.2) is 0 Å². The molecular formula is C27H27FN6O3. The lowest BCUT2D eigenvalue weighted by molar-refractivity contribution is -0.136. The minimum absolute atomic E-state index is 0.121. The molecule has 10 heteroatoms. The average molecular weight is 503 g/mol. The van der Waals surface area contributed by atoms with E-state index in [-0.39, 0.29) is 24.2 Å². The normalized spacial score (nSPS) is 14.2. The molecule has 1 saturated heterocycles. The Morgan fingerprint density at radius 3 is 2.70 bits per heavy atom. The van der Waals surface area contributed by atoms with E-state index in [9.17, 15) is 14.0 Å². The summed E-state index contributed by atoms with van der Waals surface area (Å²) in [6.45, 7) is 4.47. The number of hydrogen-bond acceptors (Lipinski definition) is 6. The zero-order valence-electron chi connectivity index (χ0n) is 20.6. The first-order valence-electron chi connectivity index (χ1n) is 12.1. The third kappa shape index (κ3) is 5.29. The zero-order valence-corrected chi connectivity index (χ0v) is 20.6. The van der Waals surface area contributed by atoms with E-state index in [1.807, 2.05) is 53.2 Å². The monoisotopic (exact) mass is 502 g/mol. The van der Waals surface area contributed by atoms with Crippen LogP contribution in [0, 0.1) is 5.82 Å². The molecule has 0 spiro atoms. The number of nitrogens with one attached hydrogen (secondary N) is 2. The Morgan fingerprint density at radius 1 is 1.16 bits per heavy atom. The van der Waals surface area contributed by atoms with Crippen LogP contribution in [-0.2, 0) is 16.1 Å². The predicted octanol–water partition coefficient (Wildman–Crippen LogP) is 4.27. The maximum atomic E-state index is 14.8. The van der Waals surface area contributed by atoms with Crippen molar-refractivity contribution >= 4 is 29.0 Å². The number of halogens is 1. The number of carbonyl (C=O) groups is 2. The Bertz CT molecular complexity index is 1450. The molecule has 0 atom stereocenters. The second-order valence-electron chi connectivity index (χ2n) is 8.93. The van der Waals surface area contributed by atoms with E-state index >= 15 is 0 Å². The van der Waals surface area contributed by atoms with Gasteiger partial charge in [0.2, 0.25) is 11.9 Å². The number of aromatic nitrogens is 3. The molecule has 0 aliphatic carbocycles. The Kier molecular flexibility index (Phi) is 6.82. The number of benzene rings is 2. The number of nitrogens with zero attached hydrogens (tertiary/aromatic N) is 4. The molecule has 1 fully saturated rings.